The van der Waals surface area contributed by atoms with E-state index in [1.54, 1.807) is 13.8 Å². The molecule has 0 spiro atoms. The molecule has 166 valence electrons. The monoisotopic (exact) mass is 440 g/mol. The van der Waals surface area contributed by atoms with Crippen LogP contribution >= 0.6 is 0 Å². The minimum Gasteiger partial charge on any atom is -0.386 e. The summed E-state index contributed by atoms with van der Waals surface area (Å²) in [5.74, 6) is -0.313. The van der Waals surface area contributed by atoms with E-state index in [0.717, 1.165) is 55.2 Å². The molecule has 0 fully saturated rings. The van der Waals surface area contributed by atoms with Gasteiger partial charge in [0, 0.05) is 12.8 Å². The third-order valence-electron chi connectivity index (χ3n) is 6.41. The average molecular weight is 441 g/mol. The number of aryl methyl sites for hydroxylation is 2. The van der Waals surface area contributed by atoms with E-state index in [2.05, 4.69) is 15.2 Å². The summed E-state index contributed by atoms with van der Waals surface area (Å²) in [6.07, 6.45) is 8.29. The van der Waals surface area contributed by atoms with Crippen molar-refractivity contribution in [3.63, 3.8) is 0 Å². The third-order valence-corrected chi connectivity index (χ3v) is 7.64. The van der Waals surface area contributed by atoms with Crippen LogP contribution in [-0.2, 0) is 59.0 Å². The van der Waals surface area contributed by atoms with E-state index in [9.17, 15) is 14.1 Å². The molecule has 0 aliphatic heterocycles. The Morgan fingerprint density at radius 3 is 2.19 bits per heavy atom. The third kappa shape index (κ3) is 5.08. The Bertz CT molecular complexity index is 1090. The quantitative estimate of drug-likeness (QED) is 0.718. The summed E-state index contributed by atoms with van der Waals surface area (Å²) in [5.41, 5.74) is 7.47. The zero-order valence-electron chi connectivity index (χ0n) is 18.7. The summed E-state index contributed by atoms with van der Waals surface area (Å²) < 4.78 is 19.9. The van der Waals surface area contributed by atoms with Gasteiger partial charge in [0.15, 0.2) is 0 Å². The molecule has 1 amide bonds. The smallest absolute Gasteiger partial charge is 0.259 e. The molecule has 6 heteroatoms. The van der Waals surface area contributed by atoms with E-state index in [1.165, 1.54) is 28.5 Å². The fourth-order valence-electron chi connectivity index (χ4n) is 4.81. The summed E-state index contributed by atoms with van der Waals surface area (Å²) in [4.78, 5) is 12.8. The molecule has 0 heterocycles. The lowest BCUT2D eigenvalue weighted by molar-refractivity contribution is -0.117. The SMILES string of the molecule is CC(C)(O)c1ccc(CNS(C)(=O)=NC(=O)Cc2c3c(cc4c2CCC4)CCC3)cc1. The lowest BCUT2D eigenvalue weighted by atomic mass is 9.92. The van der Waals surface area contributed by atoms with Crippen molar-refractivity contribution in [2.45, 2.75) is 70.9 Å². The van der Waals surface area contributed by atoms with E-state index in [-0.39, 0.29) is 12.3 Å². The highest BCUT2D eigenvalue weighted by atomic mass is 32.2. The van der Waals surface area contributed by atoms with E-state index in [4.69, 9.17) is 0 Å². The number of amides is 1. The number of fused-ring (bicyclic) bond motifs is 2. The topological polar surface area (TPSA) is 78.8 Å². The van der Waals surface area contributed by atoms with E-state index in [1.807, 2.05) is 24.3 Å². The number of nitrogens with zero attached hydrogens (tertiary/aromatic N) is 1. The highest BCUT2D eigenvalue weighted by Gasteiger charge is 2.25. The molecule has 0 radical (unpaired) electrons. The van der Waals surface area contributed by atoms with Crippen LogP contribution in [0.25, 0.3) is 0 Å². The van der Waals surface area contributed by atoms with Gasteiger partial charge in [-0.1, -0.05) is 30.3 Å². The van der Waals surface area contributed by atoms with Crippen LogP contribution in [0.15, 0.2) is 34.7 Å². The first kappa shape index (κ1) is 22.2. The number of hydrogen-bond donors (Lipinski definition) is 2. The Hall–Kier alpha value is -2.02. The Labute approximate surface area is 185 Å². The highest BCUT2D eigenvalue weighted by Crippen LogP contribution is 2.35. The van der Waals surface area contributed by atoms with Crippen LogP contribution < -0.4 is 4.72 Å². The Balaban J connectivity index is 1.46. The summed E-state index contributed by atoms with van der Waals surface area (Å²) in [6.45, 7) is 3.82. The van der Waals surface area contributed by atoms with Crippen LogP contribution in [0.1, 0.15) is 65.6 Å². The first-order valence-corrected chi connectivity index (χ1v) is 13.0. The summed E-state index contributed by atoms with van der Waals surface area (Å²) in [6, 6.07) is 9.83. The van der Waals surface area contributed by atoms with Crippen LogP contribution in [0.5, 0.6) is 0 Å². The van der Waals surface area contributed by atoms with E-state index < -0.39 is 15.5 Å². The van der Waals surface area contributed by atoms with Crippen molar-refractivity contribution in [1.82, 2.24) is 4.72 Å². The Morgan fingerprint density at radius 1 is 1.06 bits per heavy atom. The van der Waals surface area contributed by atoms with Crippen LogP contribution in [0.2, 0.25) is 0 Å². The predicted octanol–water partition coefficient (Wildman–Crippen LogP) is 3.76. The van der Waals surface area contributed by atoms with Gasteiger partial charge in [-0.15, -0.1) is 4.36 Å². The maximum atomic E-state index is 12.9. The van der Waals surface area contributed by atoms with Crippen molar-refractivity contribution >= 4 is 15.8 Å². The van der Waals surface area contributed by atoms with Gasteiger partial charge in [-0.25, -0.2) is 8.93 Å². The van der Waals surface area contributed by atoms with Crippen molar-refractivity contribution in [3.8, 4) is 0 Å². The summed E-state index contributed by atoms with van der Waals surface area (Å²) in [7, 11) is -2.84. The maximum absolute atomic E-state index is 12.9. The van der Waals surface area contributed by atoms with Gasteiger partial charge < -0.3 is 5.11 Å². The molecule has 0 bridgehead atoms. The van der Waals surface area contributed by atoms with Gasteiger partial charge in [0.1, 0.15) is 9.92 Å². The molecule has 2 aromatic carbocycles. The van der Waals surface area contributed by atoms with Crippen molar-refractivity contribution in [1.29, 1.82) is 0 Å². The average Bonchev–Trinajstić information content (AvgIpc) is 3.34. The minimum absolute atomic E-state index is 0.248. The molecule has 5 nitrogen and oxygen atoms in total. The van der Waals surface area contributed by atoms with Crippen molar-refractivity contribution in [2.75, 3.05) is 6.26 Å². The Morgan fingerprint density at radius 2 is 1.65 bits per heavy atom. The number of nitrogens with one attached hydrogen (secondary N) is 1. The number of rotatable bonds is 6. The molecule has 31 heavy (non-hydrogen) atoms. The zero-order valence-corrected chi connectivity index (χ0v) is 19.5. The molecule has 4 rings (SSSR count). The predicted molar refractivity (Wildman–Crippen MR) is 124 cm³/mol. The van der Waals surface area contributed by atoms with Crippen molar-refractivity contribution in [2.24, 2.45) is 4.36 Å². The van der Waals surface area contributed by atoms with Gasteiger partial charge in [0.25, 0.3) is 5.91 Å². The first-order chi connectivity index (χ1) is 14.6. The second-order valence-corrected chi connectivity index (χ2v) is 11.5. The molecule has 2 aliphatic rings. The maximum Gasteiger partial charge on any atom is 0.259 e. The first-order valence-electron chi connectivity index (χ1n) is 11.1. The molecular weight excluding hydrogens is 408 g/mol. The highest BCUT2D eigenvalue weighted by molar-refractivity contribution is 7.91. The van der Waals surface area contributed by atoms with E-state index in [0.29, 0.717) is 6.54 Å². The fourth-order valence-corrected chi connectivity index (χ4v) is 5.76. The summed E-state index contributed by atoms with van der Waals surface area (Å²) in [5, 5.41) is 10.1. The molecular formula is C25H32N2O3S. The normalized spacial score (nSPS) is 17.2. The minimum atomic E-state index is -2.84. The van der Waals surface area contributed by atoms with E-state index >= 15 is 0 Å². The largest absolute Gasteiger partial charge is 0.386 e. The number of carbonyl (C=O) groups excluding carboxylic acids is 1. The lowest BCUT2D eigenvalue weighted by Crippen LogP contribution is -2.23. The molecule has 2 aromatic rings. The van der Waals surface area contributed by atoms with Crippen LogP contribution in [0.4, 0.5) is 0 Å². The van der Waals surface area contributed by atoms with Crippen LogP contribution in [-0.4, -0.2) is 21.5 Å². The van der Waals surface area contributed by atoms with Crippen LogP contribution in [0.3, 0.4) is 0 Å². The standard InChI is InChI=1S/C25H32N2O3S/c1-25(2,29)20-12-10-17(11-13-20)16-26-31(3,30)27-24(28)15-23-21-8-4-6-18(21)14-19-7-5-9-22(19)23/h10-14,29H,4-9,15-16H2,1-3H3,(H,26,27,28,30). The number of carbonyl (C=O) groups is 1. The molecule has 0 saturated carbocycles. The Kier molecular flexibility index (Phi) is 6.08. The molecule has 2 N–H and O–H groups in total. The lowest BCUT2D eigenvalue weighted by Gasteiger charge is -2.18. The molecule has 1 atom stereocenters. The van der Waals surface area contributed by atoms with Gasteiger partial charge in [0.2, 0.25) is 0 Å². The number of benzene rings is 2. The number of hydrogen-bond acceptors (Lipinski definition) is 3. The molecule has 0 aromatic heterocycles. The van der Waals surface area contributed by atoms with Crippen molar-refractivity contribution < 1.29 is 14.1 Å². The fraction of sp³-hybridized carbons (Fsp3) is 0.480. The van der Waals surface area contributed by atoms with Gasteiger partial charge in [-0.05, 0) is 91.3 Å². The van der Waals surface area contributed by atoms with Gasteiger partial charge in [-0.2, -0.15) is 0 Å². The second kappa shape index (κ2) is 8.49. The van der Waals surface area contributed by atoms with Crippen molar-refractivity contribution in [3.05, 3.63) is 69.3 Å². The molecule has 2 aliphatic carbocycles. The van der Waals surface area contributed by atoms with Gasteiger partial charge >= 0.3 is 0 Å². The second-order valence-electron chi connectivity index (χ2n) is 9.38. The molecule has 1 unspecified atom stereocenters. The van der Waals surface area contributed by atoms with Gasteiger partial charge in [0.05, 0.1) is 12.0 Å². The summed E-state index contributed by atoms with van der Waals surface area (Å²) >= 11 is 0. The zero-order chi connectivity index (χ0) is 22.2. The number of aliphatic hydroxyl groups is 1. The molecule has 0 saturated heterocycles. The van der Waals surface area contributed by atoms with Gasteiger partial charge in [-0.3, -0.25) is 4.79 Å². The van der Waals surface area contributed by atoms with Crippen LogP contribution in [0, 0.1) is 0 Å².